The maximum atomic E-state index is 12.6. The summed E-state index contributed by atoms with van der Waals surface area (Å²) in [5.74, 6) is -0.0371. The SMILES string of the molecule is COc1cc(CCNC(=O)c2cnn(-c3cccc(C)c3)c2C)ccc1OC(F)F. The van der Waals surface area contributed by atoms with E-state index in [1.807, 2.05) is 38.1 Å². The second-order valence-electron chi connectivity index (χ2n) is 6.76. The van der Waals surface area contributed by atoms with E-state index >= 15 is 0 Å². The van der Waals surface area contributed by atoms with Crippen LogP contribution in [0.15, 0.2) is 48.7 Å². The highest BCUT2D eigenvalue weighted by Gasteiger charge is 2.15. The Labute approximate surface area is 173 Å². The lowest BCUT2D eigenvalue weighted by Crippen LogP contribution is -2.26. The quantitative estimate of drug-likeness (QED) is 0.602. The summed E-state index contributed by atoms with van der Waals surface area (Å²) < 4.78 is 36.1. The molecular weight excluding hydrogens is 392 g/mol. The number of aromatic nitrogens is 2. The van der Waals surface area contributed by atoms with Crippen molar-refractivity contribution in [3.63, 3.8) is 0 Å². The number of benzene rings is 2. The molecule has 0 saturated carbocycles. The van der Waals surface area contributed by atoms with Crippen LogP contribution in [0.3, 0.4) is 0 Å². The molecule has 6 nitrogen and oxygen atoms in total. The summed E-state index contributed by atoms with van der Waals surface area (Å²) in [5.41, 5.74) is 4.06. The number of amides is 1. The fourth-order valence-electron chi connectivity index (χ4n) is 3.13. The molecular formula is C22H23F2N3O3. The second-order valence-corrected chi connectivity index (χ2v) is 6.76. The first-order chi connectivity index (χ1) is 14.4. The van der Waals surface area contributed by atoms with E-state index in [-0.39, 0.29) is 17.4 Å². The average Bonchev–Trinajstić information content (AvgIpc) is 3.10. The number of hydrogen-bond acceptors (Lipinski definition) is 4. The van der Waals surface area contributed by atoms with Gasteiger partial charge in [0.25, 0.3) is 5.91 Å². The van der Waals surface area contributed by atoms with E-state index in [4.69, 9.17) is 4.74 Å². The summed E-state index contributed by atoms with van der Waals surface area (Å²) in [6, 6.07) is 12.6. The lowest BCUT2D eigenvalue weighted by Gasteiger charge is -2.12. The molecule has 158 valence electrons. The van der Waals surface area contributed by atoms with E-state index in [0.29, 0.717) is 18.5 Å². The molecule has 0 aliphatic rings. The van der Waals surface area contributed by atoms with Crippen molar-refractivity contribution in [1.29, 1.82) is 0 Å². The highest BCUT2D eigenvalue weighted by molar-refractivity contribution is 5.95. The van der Waals surface area contributed by atoms with Crippen LogP contribution in [-0.4, -0.2) is 36.0 Å². The number of nitrogens with zero attached hydrogens (tertiary/aromatic N) is 2. The Kier molecular flexibility index (Phi) is 6.66. The van der Waals surface area contributed by atoms with E-state index in [0.717, 1.165) is 22.5 Å². The maximum Gasteiger partial charge on any atom is 0.387 e. The van der Waals surface area contributed by atoms with Crippen molar-refractivity contribution in [1.82, 2.24) is 15.1 Å². The van der Waals surface area contributed by atoms with E-state index in [1.165, 1.54) is 13.2 Å². The number of nitrogens with one attached hydrogen (secondary N) is 1. The van der Waals surface area contributed by atoms with Crippen LogP contribution in [0, 0.1) is 13.8 Å². The largest absolute Gasteiger partial charge is 0.493 e. The third-order valence-corrected chi connectivity index (χ3v) is 4.64. The standard InChI is InChI=1S/C22H23F2N3O3/c1-14-5-4-6-17(11-14)27-15(2)18(13-26-27)21(28)25-10-9-16-7-8-19(30-22(23)24)20(12-16)29-3/h4-8,11-13,22H,9-10H2,1-3H3,(H,25,28). The summed E-state index contributed by atoms with van der Waals surface area (Å²) in [5, 5.41) is 7.20. The first-order valence-corrected chi connectivity index (χ1v) is 9.40. The van der Waals surface area contributed by atoms with Gasteiger partial charge in [0.2, 0.25) is 0 Å². The Morgan fingerprint density at radius 1 is 1.17 bits per heavy atom. The van der Waals surface area contributed by atoms with Crippen LogP contribution >= 0.6 is 0 Å². The number of halogens is 2. The van der Waals surface area contributed by atoms with E-state index in [9.17, 15) is 13.6 Å². The summed E-state index contributed by atoms with van der Waals surface area (Å²) in [7, 11) is 1.38. The van der Waals surface area contributed by atoms with Crippen molar-refractivity contribution < 1.29 is 23.0 Å². The van der Waals surface area contributed by atoms with Crippen molar-refractivity contribution in [2.45, 2.75) is 26.9 Å². The Morgan fingerprint density at radius 3 is 2.67 bits per heavy atom. The number of carbonyl (C=O) groups excluding carboxylic acids is 1. The number of carbonyl (C=O) groups is 1. The number of hydrogen-bond donors (Lipinski definition) is 1. The molecule has 30 heavy (non-hydrogen) atoms. The van der Waals surface area contributed by atoms with Gasteiger partial charge in [-0.05, 0) is 55.7 Å². The molecule has 3 rings (SSSR count). The van der Waals surface area contributed by atoms with Gasteiger partial charge in [-0.15, -0.1) is 0 Å². The zero-order valence-electron chi connectivity index (χ0n) is 17.0. The van der Waals surface area contributed by atoms with Crippen molar-refractivity contribution in [3.8, 4) is 17.2 Å². The van der Waals surface area contributed by atoms with Crippen molar-refractivity contribution in [2.24, 2.45) is 0 Å². The molecule has 0 unspecified atom stereocenters. The van der Waals surface area contributed by atoms with Gasteiger partial charge in [0.1, 0.15) is 0 Å². The first kappa shape index (κ1) is 21.3. The smallest absolute Gasteiger partial charge is 0.387 e. The van der Waals surface area contributed by atoms with Crippen molar-refractivity contribution >= 4 is 5.91 Å². The minimum absolute atomic E-state index is 0.0283. The average molecular weight is 415 g/mol. The molecule has 0 aliphatic carbocycles. The maximum absolute atomic E-state index is 12.6. The van der Waals surface area contributed by atoms with Gasteiger partial charge in [0, 0.05) is 6.54 Å². The number of aryl methyl sites for hydroxylation is 1. The zero-order chi connectivity index (χ0) is 21.7. The van der Waals surface area contributed by atoms with Gasteiger partial charge in [-0.2, -0.15) is 13.9 Å². The van der Waals surface area contributed by atoms with Crippen LogP contribution < -0.4 is 14.8 Å². The van der Waals surface area contributed by atoms with E-state index in [2.05, 4.69) is 15.2 Å². The van der Waals surface area contributed by atoms with Gasteiger partial charge in [0.15, 0.2) is 11.5 Å². The molecule has 3 aromatic rings. The van der Waals surface area contributed by atoms with Crippen LogP contribution in [0.1, 0.15) is 27.2 Å². The minimum atomic E-state index is -2.92. The monoisotopic (exact) mass is 415 g/mol. The van der Waals surface area contributed by atoms with Crippen LogP contribution in [0.25, 0.3) is 5.69 Å². The molecule has 0 spiro atoms. The second kappa shape index (κ2) is 9.39. The molecule has 8 heteroatoms. The molecule has 1 heterocycles. The predicted molar refractivity (Wildman–Crippen MR) is 109 cm³/mol. The van der Waals surface area contributed by atoms with Crippen molar-refractivity contribution in [3.05, 3.63) is 71.0 Å². The molecule has 1 N–H and O–H groups in total. The zero-order valence-corrected chi connectivity index (χ0v) is 17.0. The summed E-state index contributed by atoms with van der Waals surface area (Å²) >= 11 is 0. The topological polar surface area (TPSA) is 65.4 Å². The fraction of sp³-hybridized carbons (Fsp3) is 0.273. The Bertz CT molecular complexity index is 1030. The molecule has 0 aliphatic heterocycles. The van der Waals surface area contributed by atoms with Gasteiger partial charge < -0.3 is 14.8 Å². The Morgan fingerprint density at radius 2 is 1.97 bits per heavy atom. The number of alkyl halides is 2. The lowest BCUT2D eigenvalue weighted by atomic mass is 10.1. The number of rotatable bonds is 8. The van der Waals surface area contributed by atoms with Gasteiger partial charge in [-0.25, -0.2) is 4.68 Å². The van der Waals surface area contributed by atoms with Gasteiger partial charge in [-0.3, -0.25) is 4.79 Å². The Hall–Kier alpha value is -3.42. The van der Waals surface area contributed by atoms with Crippen LogP contribution in [0.5, 0.6) is 11.5 Å². The number of ether oxygens (including phenoxy) is 2. The van der Waals surface area contributed by atoms with Crippen LogP contribution in [-0.2, 0) is 6.42 Å². The molecule has 1 aromatic heterocycles. The van der Waals surface area contributed by atoms with Gasteiger partial charge >= 0.3 is 6.61 Å². The van der Waals surface area contributed by atoms with Crippen LogP contribution in [0.4, 0.5) is 8.78 Å². The predicted octanol–water partition coefficient (Wildman–Crippen LogP) is 4.07. The molecule has 0 saturated heterocycles. The van der Waals surface area contributed by atoms with Crippen molar-refractivity contribution in [2.75, 3.05) is 13.7 Å². The molecule has 0 fully saturated rings. The molecule has 1 amide bonds. The lowest BCUT2D eigenvalue weighted by molar-refractivity contribution is -0.0512. The molecule has 0 radical (unpaired) electrons. The van der Waals surface area contributed by atoms with E-state index in [1.54, 1.807) is 23.0 Å². The third-order valence-electron chi connectivity index (χ3n) is 4.64. The summed E-state index contributed by atoms with van der Waals surface area (Å²) in [6.07, 6.45) is 2.05. The normalized spacial score (nSPS) is 10.9. The minimum Gasteiger partial charge on any atom is -0.493 e. The molecule has 2 aromatic carbocycles. The summed E-state index contributed by atoms with van der Waals surface area (Å²) in [4.78, 5) is 12.6. The highest BCUT2D eigenvalue weighted by atomic mass is 19.3. The third kappa shape index (κ3) is 4.94. The Balaban J connectivity index is 1.63. The van der Waals surface area contributed by atoms with Crippen LogP contribution in [0.2, 0.25) is 0 Å². The molecule has 0 bridgehead atoms. The fourth-order valence-corrected chi connectivity index (χ4v) is 3.13. The summed E-state index contributed by atoms with van der Waals surface area (Å²) in [6.45, 7) is 1.29. The van der Waals surface area contributed by atoms with Gasteiger partial charge in [0.05, 0.1) is 30.3 Å². The first-order valence-electron chi connectivity index (χ1n) is 9.40. The van der Waals surface area contributed by atoms with Gasteiger partial charge in [-0.1, -0.05) is 18.2 Å². The number of methoxy groups -OCH3 is 1. The van der Waals surface area contributed by atoms with E-state index < -0.39 is 6.61 Å². The molecule has 0 atom stereocenters. The highest BCUT2D eigenvalue weighted by Crippen LogP contribution is 2.29.